The van der Waals surface area contributed by atoms with E-state index in [1.54, 1.807) is 12.1 Å². The van der Waals surface area contributed by atoms with Gasteiger partial charge in [0.1, 0.15) is 0 Å². The molecule has 3 rings (SSSR count). The molecule has 2 heterocycles. The number of hydrogen-bond donors (Lipinski definition) is 2. The van der Waals surface area contributed by atoms with Crippen LogP contribution in [-0.2, 0) is 0 Å². The molecule has 0 atom stereocenters. The quantitative estimate of drug-likeness (QED) is 0.671. The van der Waals surface area contributed by atoms with Gasteiger partial charge in [-0.25, -0.2) is 0 Å². The summed E-state index contributed by atoms with van der Waals surface area (Å²) in [7, 11) is 0. The third kappa shape index (κ3) is 3.66. The van der Waals surface area contributed by atoms with Crippen molar-refractivity contribution in [1.82, 2.24) is 16.0 Å². The fourth-order valence-electron chi connectivity index (χ4n) is 1.80. The molecule has 0 fully saturated rings. The predicted molar refractivity (Wildman–Crippen MR) is 88.9 cm³/mol. The van der Waals surface area contributed by atoms with Gasteiger partial charge in [-0.15, -0.1) is 11.3 Å². The number of hydrogen-bond acceptors (Lipinski definition) is 5. The fraction of sp³-hybridized carbons (Fsp3) is 0. The van der Waals surface area contributed by atoms with Crippen molar-refractivity contribution in [3.05, 3.63) is 62.9 Å². The van der Waals surface area contributed by atoms with Crippen LogP contribution in [0, 0.1) is 0 Å². The highest BCUT2D eigenvalue weighted by Gasteiger charge is 2.15. The lowest BCUT2D eigenvalue weighted by molar-refractivity contribution is 0.0843. The van der Waals surface area contributed by atoms with Gasteiger partial charge in [0.05, 0.1) is 8.66 Å². The van der Waals surface area contributed by atoms with E-state index in [-0.39, 0.29) is 5.69 Å². The van der Waals surface area contributed by atoms with Gasteiger partial charge in [0.2, 0.25) is 0 Å². The Balaban J connectivity index is 1.63. The van der Waals surface area contributed by atoms with Crippen molar-refractivity contribution in [2.75, 3.05) is 0 Å². The Morgan fingerprint density at radius 2 is 1.78 bits per heavy atom. The number of amides is 2. The van der Waals surface area contributed by atoms with Crippen LogP contribution in [0.15, 0.2) is 56.8 Å². The normalized spacial score (nSPS) is 10.3. The molecular weight excluding hydrogens is 382 g/mol. The molecule has 8 heteroatoms. The summed E-state index contributed by atoms with van der Waals surface area (Å²) in [5.74, 6) is -0.481. The van der Waals surface area contributed by atoms with Gasteiger partial charge in [-0.05, 0) is 28.1 Å². The number of benzene rings is 1. The van der Waals surface area contributed by atoms with Gasteiger partial charge in [-0.1, -0.05) is 35.5 Å². The summed E-state index contributed by atoms with van der Waals surface area (Å²) in [4.78, 5) is 24.3. The first-order chi connectivity index (χ1) is 11.1. The van der Waals surface area contributed by atoms with Crippen molar-refractivity contribution in [3.63, 3.8) is 0 Å². The number of nitrogens with one attached hydrogen (secondary N) is 2. The van der Waals surface area contributed by atoms with Crippen LogP contribution in [0.3, 0.4) is 0 Å². The monoisotopic (exact) mass is 391 g/mol. The molecule has 3 aromatic rings. The molecule has 0 saturated carbocycles. The number of rotatable bonds is 3. The highest BCUT2D eigenvalue weighted by Crippen LogP contribution is 2.22. The average Bonchev–Trinajstić information content (AvgIpc) is 3.22. The molecular formula is C15H10BrN3O3S. The molecule has 2 amide bonds. The number of nitrogens with zero attached hydrogens (tertiary/aromatic N) is 1. The molecule has 0 spiro atoms. The summed E-state index contributed by atoms with van der Waals surface area (Å²) in [6.45, 7) is 0. The molecule has 0 bridgehead atoms. The van der Waals surface area contributed by atoms with E-state index in [1.165, 1.54) is 17.4 Å². The van der Waals surface area contributed by atoms with Crippen LogP contribution in [0.2, 0.25) is 0 Å². The lowest BCUT2D eigenvalue weighted by atomic mass is 10.1. The van der Waals surface area contributed by atoms with Crippen LogP contribution in [0.5, 0.6) is 0 Å². The van der Waals surface area contributed by atoms with E-state index < -0.39 is 11.8 Å². The van der Waals surface area contributed by atoms with Crippen molar-refractivity contribution in [2.24, 2.45) is 0 Å². The Morgan fingerprint density at radius 3 is 2.48 bits per heavy atom. The summed E-state index contributed by atoms with van der Waals surface area (Å²) >= 11 is 4.53. The van der Waals surface area contributed by atoms with Gasteiger partial charge in [-0.2, -0.15) is 0 Å². The second-order valence-corrected chi connectivity index (χ2v) is 6.92. The average molecular weight is 392 g/mol. The molecule has 2 aromatic heterocycles. The zero-order valence-electron chi connectivity index (χ0n) is 11.6. The van der Waals surface area contributed by atoms with Crippen LogP contribution >= 0.6 is 27.3 Å². The second kappa shape index (κ2) is 6.76. The van der Waals surface area contributed by atoms with Crippen molar-refractivity contribution in [1.29, 1.82) is 0 Å². The Morgan fingerprint density at radius 1 is 1.04 bits per heavy atom. The maximum Gasteiger partial charge on any atom is 0.291 e. The number of hydrazine groups is 1. The van der Waals surface area contributed by atoms with Crippen molar-refractivity contribution < 1.29 is 14.1 Å². The minimum absolute atomic E-state index is 0.0801. The molecule has 0 aliphatic rings. The molecule has 2 N–H and O–H groups in total. The van der Waals surface area contributed by atoms with Gasteiger partial charge in [0, 0.05) is 11.6 Å². The number of aromatic nitrogens is 1. The summed E-state index contributed by atoms with van der Waals surface area (Å²) in [5.41, 5.74) is 5.52. The zero-order valence-corrected chi connectivity index (χ0v) is 14.0. The largest absolute Gasteiger partial charge is 0.355 e. The number of carbonyl (C=O) groups excluding carboxylic acids is 2. The SMILES string of the molecule is O=C(NNC(=O)c1ccc(Br)s1)c1cc(-c2ccccc2)on1. The molecule has 116 valence electrons. The highest BCUT2D eigenvalue weighted by molar-refractivity contribution is 9.11. The Labute approximate surface area is 143 Å². The van der Waals surface area contributed by atoms with Gasteiger partial charge in [0.25, 0.3) is 11.8 Å². The lowest BCUT2D eigenvalue weighted by Gasteiger charge is -2.03. The van der Waals surface area contributed by atoms with Crippen LogP contribution in [0.25, 0.3) is 11.3 Å². The Hall–Kier alpha value is -2.45. The lowest BCUT2D eigenvalue weighted by Crippen LogP contribution is -2.41. The van der Waals surface area contributed by atoms with E-state index in [4.69, 9.17) is 4.52 Å². The Bertz CT molecular complexity index is 845. The standard InChI is InChI=1S/C15H10BrN3O3S/c16-13-7-6-12(23-13)15(21)18-17-14(20)10-8-11(22-19-10)9-4-2-1-3-5-9/h1-8H,(H,17,20)(H,18,21). The third-order valence-corrected chi connectivity index (χ3v) is 4.51. The molecule has 1 aromatic carbocycles. The van der Waals surface area contributed by atoms with Gasteiger partial charge < -0.3 is 4.52 Å². The van der Waals surface area contributed by atoms with Crippen LogP contribution in [-0.4, -0.2) is 17.0 Å². The number of halogens is 1. The predicted octanol–water partition coefficient (Wildman–Crippen LogP) is 3.24. The maximum atomic E-state index is 12.0. The van der Waals surface area contributed by atoms with Gasteiger partial charge in [0.15, 0.2) is 11.5 Å². The fourth-order valence-corrected chi connectivity index (χ4v) is 3.08. The Kier molecular flexibility index (Phi) is 4.54. The number of carbonyl (C=O) groups is 2. The molecule has 6 nitrogen and oxygen atoms in total. The smallest absolute Gasteiger partial charge is 0.291 e. The minimum atomic E-state index is -0.556. The third-order valence-electron chi connectivity index (χ3n) is 2.89. The van der Waals surface area contributed by atoms with Crippen LogP contribution < -0.4 is 10.9 Å². The van der Waals surface area contributed by atoms with Crippen molar-refractivity contribution >= 4 is 39.1 Å². The van der Waals surface area contributed by atoms with E-state index in [2.05, 4.69) is 31.9 Å². The molecule has 23 heavy (non-hydrogen) atoms. The van der Waals surface area contributed by atoms with Gasteiger partial charge in [-0.3, -0.25) is 20.4 Å². The first-order valence-electron chi connectivity index (χ1n) is 6.51. The minimum Gasteiger partial charge on any atom is -0.355 e. The summed E-state index contributed by atoms with van der Waals surface area (Å²) in [5, 5.41) is 3.70. The first-order valence-corrected chi connectivity index (χ1v) is 8.12. The first kappa shape index (κ1) is 15.4. The molecule has 0 radical (unpaired) electrons. The molecule has 0 saturated heterocycles. The highest BCUT2D eigenvalue weighted by atomic mass is 79.9. The zero-order chi connectivity index (χ0) is 16.2. The molecule has 0 aliphatic heterocycles. The number of thiophene rings is 1. The van der Waals surface area contributed by atoms with E-state index in [1.807, 2.05) is 30.3 Å². The summed E-state index contributed by atoms with van der Waals surface area (Å²) in [6.07, 6.45) is 0. The van der Waals surface area contributed by atoms with Crippen LogP contribution in [0.4, 0.5) is 0 Å². The summed E-state index contributed by atoms with van der Waals surface area (Å²) < 4.78 is 5.97. The maximum absolute atomic E-state index is 12.0. The van der Waals surface area contributed by atoms with E-state index >= 15 is 0 Å². The van der Waals surface area contributed by atoms with E-state index in [0.29, 0.717) is 10.6 Å². The topological polar surface area (TPSA) is 84.2 Å². The van der Waals surface area contributed by atoms with E-state index in [9.17, 15) is 9.59 Å². The molecule has 0 unspecified atom stereocenters. The summed E-state index contributed by atoms with van der Waals surface area (Å²) in [6, 6.07) is 14.2. The van der Waals surface area contributed by atoms with Gasteiger partial charge >= 0.3 is 0 Å². The van der Waals surface area contributed by atoms with Crippen LogP contribution in [0.1, 0.15) is 20.2 Å². The molecule has 0 aliphatic carbocycles. The van der Waals surface area contributed by atoms with Crippen molar-refractivity contribution in [2.45, 2.75) is 0 Å². The second-order valence-electron chi connectivity index (χ2n) is 4.45. The van der Waals surface area contributed by atoms with Crippen molar-refractivity contribution in [3.8, 4) is 11.3 Å². The van der Waals surface area contributed by atoms with E-state index in [0.717, 1.165) is 9.35 Å².